The van der Waals surface area contributed by atoms with Crippen molar-refractivity contribution in [2.24, 2.45) is 20.4 Å². The number of ether oxygens (including phenoxy) is 10. The highest BCUT2D eigenvalue weighted by atomic mass is 16.6. The fraction of sp³-hybridized carbons (Fsp3) is 0.333. The highest BCUT2D eigenvalue weighted by Gasteiger charge is 2.24. The maximum Gasteiger partial charge on any atom is 0.338 e. The lowest BCUT2D eigenvalue weighted by Gasteiger charge is -2.19. The summed E-state index contributed by atoms with van der Waals surface area (Å²) in [5.74, 6) is -4.90. The first-order valence-corrected chi connectivity index (χ1v) is 33.3. The van der Waals surface area contributed by atoms with Gasteiger partial charge in [0.15, 0.2) is 12.2 Å². The van der Waals surface area contributed by atoms with Gasteiger partial charge < -0.3 is 47.4 Å². The van der Waals surface area contributed by atoms with Gasteiger partial charge in [0.1, 0.15) is 37.9 Å². The Balaban J connectivity index is 1.04. The third kappa shape index (κ3) is 30.9. The summed E-state index contributed by atoms with van der Waals surface area (Å²) < 4.78 is 55.1. The molecule has 0 saturated carbocycles. The third-order valence-electron chi connectivity index (χ3n) is 14.6. The molecule has 0 spiro atoms. The van der Waals surface area contributed by atoms with E-state index in [1.807, 2.05) is 48.5 Å². The standard InChI is InChI=1S/C78H86N4O18/c1-5-17-57-19-23-59(24-20-57)49-79-81-51-61-27-31-65(32-28-61)77(89)99-69(55-97-75(87)63-35-39-67(40-36-63)91-45-13-9-11-15-47-93-71(83)7-3)53-95-73(85)43-44-74(86)96-54-70(56-98-76(88)64-37-41-68(42-38-64)92-46-14-10-12-16-48-94-72(84)8-4)100-78(90)66-33-29-62(30-34-66)52-82-80-50-60-25-21-58(18-6-2)22-26-60/h7-8,19-42,49-52,69-70H,3-6,9-18,43-48,53-56H2,1-2H3/b79-49+,80-50+,81-51+,82-52+. The Morgan fingerprint density at radius 2 is 0.640 bits per heavy atom. The van der Waals surface area contributed by atoms with E-state index in [-0.39, 0.29) is 22.3 Å². The van der Waals surface area contributed by atoms with Crippen molar-refractivity contribution in [2.75, 3.05) is 52.9 Å². The summed E-state index contributed by atoms with van der Waals surface area (Å²) in [5.41, 5.74) is 6.05. The van der Waals surface area contributed by atoms with Gasteiger partial charge >= 0.3 is 47.8 Å². The van der Waals surface area contributed by atoms with E-state index in [9.17, 15) is 38.4 Å². The second-order valence-corrected chi connectivity index (χ2v) is 22.6. The normalized spacial score (nSPS) is 11.7. The lowest BCUT2D eigenvalue weighted by atomic mass is 10.1. The van der Waals surface area contributed by atoms with Crippen molar-refractivity contribution < 1.29 is 85.7 Å². The fourth-order valence-electron chi connectivity index (χ4n) is 9.16. The van der Waals surface area contributed by atoms with E-state index < -0.39 is 99.2 Å². The smallest absolute Gasteiger partial charge is 0.338 e. The monoisotopic (exact) mass is 1370 g/mol. The van der Waals surface area contributed by atoms with Crippen LogP contribution in [-0.4, -0.2) is 138 Å². The number of esters is 8. The molecule has 100 heavy (non-hydrogen) atoms. The van der Waals surface area contributed by atoms with Gasteiger partial charge in [-0.3, -0.25) is 9.59 Å². The highest BCUT2D eigenvalue weighted by molar-refractivity contribution is 5.93. The second-order valence-electron chi connectivity index (χ2n) is 22.6. The van der Waals surface area contributed by atoms with Gasteiger partial charge in [-0.05, 0) is 170 Å². The van der Waals surface area contributed by atoms with Gasteiger partial charge in [0.25, 0.3) is 0 Å². The zero-order valence-corrected chi connectivity index (χ0v) is 56.6. The first-order chi connectivity index (χ1) is 48.7. The minimum atomic E-state index is -1.32. The summed E-state index contributed by atoms with van der Waals surface area (Å²) in [7, 11) is 0. The Labute approximate surface area is 583 Å². The summed E-state index contributed by atoms with van der Waals surface area (Å²) in [6.07, 6.45) is 15.2. The van der Waals surface area contributed by atoms with Gasteiger partial charge in [-0.1, -0.05) is 113 Å². The molecule has 22 nitrogen and oxygen atoms in total. The molecule has 2 unspecified atom stereocenters. The van der Waals surface area contributed by atoms with Gasteiger partial charge in [0.05, 0.1) is 86.4 Å². The average molecular weight is 1370 g/mol. The van der Waals surface area contributed by atoms with Crippen LogP contribution in [0.3, 0.4) is 0 Å². The van der Waals surface area contributed by atoms with Gasteiger partial charge in [-0.15, -0.1) is 0 Å². The molecule has 6 aromatic carbocycles. The maximum atomic E-state index is 13.6. The van der Waals surface area contributed by atoms with Gasteiger partial charge in [-0.2, -0.15) is 20.4 Å². The second kappa shape index (κ2) is 45.4. The number of aryl methyl sites for hydroxylation is 2. The summed E-state index contributed by atoms with van der Waals surface area (Å²) in [6, 6.07) is 41.0. The first-order valence-electron chi connectivity index (χ1n) is 33.3. The van der Waals surface area contributed by atoms with E-state index in [2.05, 4.69) is 47.4 Å². The van der Waals surface area contributed by atoms with Crippen LogP contribution in [0.1, 0.15) is 166 Å². The van der Waals surface area contributed by atoms with E-state index in [1.165, 1.54) is 72.1 Å². The Morgan fingerprint density at radius 1 is 0.350 bits per heavy atom. The number of carbonyl (C=O) groups excluding carboxylic acids is 8. The van der Waals surface area contributed by atoms with E-state index in [4.69, 9.17) is 47.4 Å². The summed E-state index contributed by atoms with van der Waals surface area (Å²) in [6.45, 7) is 10.2. The summed E-state index contributed by atoms with van der Waals surface area (Å²) in [4.78, 5) is 103. The summed E-state index contributed by atoms with van der Waals surface area (Å²) in [5, 5.41) is 16.5. The zero-order valence-electron chi connectivity index (χ0n) is 56.6. The molecule has 0 aliphatic rings. The van der Waals surface area contributed by atoms with Crippen molar-refractivity contribution in [1.29, 1.82) is 0 Å². The molecule has 2 atom stereocenters. The van der Waals surface area contributed by atoms with Gasteiger partial charge in [-0.25, -0.2) is 28.8 Å². The first kappa shape index (κ1) is 77.8. The lowest BCUT2D eigenvalue weighted by Crippen LogP contribution is -2.31. The van der Waals surface area contributed by atoms with Crippen LogP contribution in [0.15, 0.2) is 191 Å². The average Bonchev–Trinajstić information content (AvgIpc) is 0.921. The Bertz CT molecular complexity index is 3440. The van der Waals surface area contributed by atoms with Crippen molar-refractivity contribution in [3.8, 4) is 11.5 Å². The lowest BCUT2D eigenvalue weighted by molar-refractivity contribution is -0.154. The number of hydrogen-bond donors (Lipinski definition) is 0. The minimum Gasteiger partial charge on any atom is -0.494 e. The maximum absolute atomic E-state index is 13.6. The van der Waals surface area contributed by atoms with Crippen molar-refractivity contribution in [2.45, 2.75) is 116 Å². The molecule has 0 fully saturated rings. The minimum absolute atomic E-state index is 0.119. The molecule has 526 valence electrons. The predicted molar refractivity (Wildman–Crippen MR) is 377 cm³/mol. The molecule has 0 saturated heterocycles. The third-order valence-corrected chi connectivity index (χ3v) is 14.6. The van der Waals surface area contributed by atoms with Crippen LogP contribution >= 0.6 is 0 Å². The Kier molecular flexibility index (Phi) is 35.3. The van der Waals surface area contributed by atoms with Crippen LogP contribution in [-0.2, 0) is 69.9 Å². The Hall–Kier alpha value is -11.2. The van der Waals surface area contributed by atoms with E-state index in [0.29, 0.717) is 61.9 Å². The number of unbranched alkanes of at least 4 members (excludes halogenated alkanes) is 6. The van der Waals surface area contributed by atoms with Crippen LogP contribution < -0.4 is 9.47 Å². The van der Waals surface area contributed by atoms with E-state index in [1.54, 1.807) is 61.0 Å². The van der Waals surface area contributed by atoms with Crippen molar-refractivity contribution in [1.82, 2.24) is 0 Å². The number of carbonyl (C=O) groups is 8. The fourth-order valence-corrected chi connectivity index (χ4v) is 9.16. The highest BCUT2D eigenvalue weighted by Crippen LogP contribution is 2.19. The largest absolute Gasteiger partial charge is 0.494 e. The predicted octanol–water partition coefficient (Wildman–Crippen LogP) is 13.2. The molecular weight excluding hydrogens is 1280 g/mol. The van der Waals surface area contributed by atoms with Crippen LogP contribution in [0.25, 0.3) is 0 Å². The van der Waals surface area contributed by atoms with E-state index >= 15 is 0 Å². The van der Waals surface area contributed by atoms with Crippen molar-refractivity contribution >= 4 is 72.6 Å². The number of benzene rings is 6. The number of hydrogen-bond acceptors (Lipinski definition) is 22. The van der Waals surface area contributed by atoms with Gasteiger partial charge in [0.2, 0.25) is 0 Å². The molecule has 0 amide bonds. The molecule has 0 aliphatic carbocycles. The molecule has 0 aliphatic heterocycles. The quantitative estimate of drug-likeness (QED) is 0.00857. The molecule has 6 aromatic rings. The van der Waals surface area contributed by atoms with Crippen LogP contribution in [0.2, 0.25) is 0 Å². The number of nitrogens with zero attached hydrogens (tertiary/aromatic N) is 4. The van der Waals surface area contributed by atoms with Crippen molar-refractivity contribution in [3.05, 3.63) is 227 Å². The van der Waals surface area contributed by atoms with Crippen molar-refractivity contribution in [3.63, 3.8) is 0 Å². The van der Waals surface area contributed by atoms with Gasteiger partial charge in [0, 0.05) is 12.2 Å². The zero-order chi connectivity index (χ0) is 71.4. The molecule has 0 bridgehead atoms. The molecular formula is C78H86N4O18. The topological polar surface area (TPSA) is 278 Å². The molecule has 22 heteroatoms. The summed E-state index contributed by atoms with van der Waals surface area (Å²) >= 11 is 0. The van der Waals surface area contributed by atoms with Crippen LogP contribution in [0.4, 0.5) is 0 Å². The molecule has 6 rings (SSSR count). The molecule has 0 radical (unpaired) electrons. The number of rotatable bonds is 45. The SMILES string of the molecule is C=CC(=O)OCCCCCCOc1ccc(C(=O)OCC(COC(=O)CCC(=O)OCC(COC(=O)c2ccc(OCCCCCCOC(=O)C=C)cc2)OC(=O)c2ccc(/C=N/N=C/c3ccc(CCC)cc3)cc2)OC(=O)c2ccc(/C=N/N=C/c3ccc(CCC)cc3)cc2)cc1. The van der Waals surface area contributed by atoms with Crippen LogP contribution in [0, 0.1) is 0 Å². The molecule has 0 aromatic heterocycles. The van der Waals surface area contributed by atoms with E-state index in [0.717, 1.165) is 87.5 Å². The van der Waals surface area contributed by atoms with Crippen LogP contribution in [0.5, 0.6) is 11.5 Å². The molecule has 0 N–H and O–H groups in total. The Morgan fingerprint density at radius 3 is 0.960 bits per heavy atom. The molecule has 0 heterocycles.